The van der Waals surface area contributed by atoms with Crippen LogP contribution >= 0.6 is 0 Å². The van der Waals surface area contributed by atoms with Crippen molar-refractivity contribution in [2.45, 2.75) is 6.92 Å². The maximum absolute atomic E-state index is 10.2. The topological polar surface area (TPSA) is 35.5 Å². The van der Waals surface area contributed by atoms with Gasteiger partial charge in [-0.05, 0) is 6.92 Å². The van der Waals surface area contributed by atoms with E-state index in [2.05, 4.69) is 22.6 Å². The van der Waals surface area contributed by atoms with E-state index in [4.69, 9.17) is 0 Å². The molecule has 0 saturated heterocycles. The van der Waals surface area contributed by atoms with E-state index in [1.54, 1.807) is 14.0 Å². The largest absolute Gasteiger partial charge is 0.505 e. The zero-order valence-corrected chi connectivity index (χ0v) is 7.22. The minimum atomic E-state index is -0.347. The molecule has 0 aliphatic rings. The monoisotopic (exact) mass is 158 g/mol. The van der Waals surface area contributed by atoms with Gasteiger partial charge >= 0.3 is 5.97 Å². The van der Waals surface area contributed by atoms with Crippen molar-refractivity contribution in [3.05, 3.63) is 25.0 Å². The van der Waals surface area contributed by atoms with Crippen LogP contribution in [0, 0.1) is 0 Å². The van der Waals surface area contributed by atoms with Gasteiger partial charge in [0.05, 0.1) is 20.5 Å². The van der Waals surface area contributed by atoms with Crippen LogP contribution < -0.4 is 0 Å². The van der Waals surface area contributed by atoms with Crippen LogP contribution in [0.15, 0.2) is 25.0 Å². The average Bonchev–Trinajstić information content (AvgIpc) is 2.03. The van der Waals surface area contributed by atoms with Crippen LogP contribution in [0.5, 0.6) is 0 Å². The molecule has 11 heavy (non-hydrogen) atoms. The summed E-state index contributed by atoms with van der Waals surface area (Å²) in [6.07, 6.45) is 1.38. The summed E-state index contributed by atoms with van der Waals surface area (Å²) in [6, 6.07) is 0. The van der Waals surface area contributed by atoms with Crippen molar-refractivity contribution in [1.29, 1.82) is 0 Å². The molecule has 0 aromatic heterocycles. The summed E-state index contributed by atoms with van der Waals surface area (Å²) >= 11 is 0. The highest BCUT2D eigenvalue weighted by molar-refractivity contribution is 5.86. The molecule has 0 aromatic carbocycles. The molecule has 0 unspecified atom stereocenters. The minimum Gasteiger partial charge on any atom is -0.505 e. The average molecular weight is 158 g/mol. The molecular formula is C8H14O3. The first-order valence-electron chi connectivity index (χ1n) is 2.97. The lowest BCUT2D eigenvalue weighted by molar-refractivity contribution is -0.136. The molecule has 0 aromatic rings. The molecule has 3 nitrogen and oxygen atoms in total. The Morgan fingerprint density at radius 2 is 1.82 bits per heavy atom. The van der Waals surface area contributed by atoms with Crippen molar-refractivity contribution in [1.82, 2.24) is 0 Å². The summed E-state index contributed by atoms with van der Waals surface area (Å²) in [5.41, 5.74) is 0.433. The van der Waals surface area contributed by atoms with Gasteiger partial charge in [-0.1, -0.05) is 13.2 Å². The van der Waals surface area contributed by atoms with Crippen molar-refractivity contribution >= 4 is 5.97 Å². The van der Waals surface area contributed by atoms with Gasteiger partial charge in [-0.15, -0.1) is 0 Å². The molecular weight excluding hydrogens is 144 g/mol. The smallest absolute Gasteiger partial charge is 0.332 e. The first kappa shape index (κ1) is 12.4. The SMILES string of the molecule is C=C(C)C(=O)OC.C=COC. The van der Waals surface area contributed by atoms with Gasteiger partial charge in [0.25, 0.3) is 0 Å². The van der Waals surface area contributed by atoms with Crippen molar-refractivity contribution < 1.29 is 14.3 Å². The van der Waals surface area contributed by atoms with Crippen molar-refractivity contribution in [2.24, 2.45) is 0 Å². The zero-order valence-electron chi connectivity index (χ0n) is 7.22. The van der Waals surface area contributed by atoms with Crippen LogP contribution in [0.3, 0.4) is 0 Å². The number of carbonyl (C=O) groups is 1. The number of rotatable bonds is 2. The van der Waals surface area contributed by atoms with Crippen LogP contribution in [0.4, 0.5) is 0 Å². The molecule has 0 saturated carbocycles. The van der Waals surface area contributed by atoms with Crippen molar-refractivity contribution in [3.8, 4) is 0 Å². The molecule has 0 heterocycles. The summed E-state index contributed by atoms with van der Waals surface area (Å²) in [5.74, 6) is -0.347. The van der Waals surface area contributed by atoms with E-state index in [1.165, 1.54) is 13.4 Å². The van der Waals surface area contributed by atoms with Gasteiger partial charge in [-0.2, -0.15) is 0 Å². The summed E-state index contributed by atoms with van der Waals surface area (Å²) in [4.78, 5) is 10.2. The van der Waals surface area contributed by atoms with E-state index < -0.39 is 0 Å². The minimum absolute atomic E-state index is 0.347. The highest BCUT2D eigenvalue weighted by Crippen LogP contribution is 1.87. The van der Waals surface area contributed by atoms with Gasteiger partial charge in [0, 0.05) is 5.57 Å². The highest BCUT2D eigenvalue weighted by Gasteiger charge is 1.95. The Balaban J connectivity index is 0. The van der Waals surface area contributed by atoms with E-state index in [9.17, 15) is 4.79 Å². The van der Waals surface area contributed by atoms with Crippen LogP contribution in [-0.2, 0) is 14.3 Å². The third kappa shape index (κ3) is 12.1. The van der Waals surface area contributed by atoms with Crippen LogP contribution in [0.2, 0.25) is 0 Å². The maximum Gasteiger partial charge on any atom is 0.332 e. The number of esters is 1. The van der Waals surface area contributed by atoms with E-state index in [1.807, 2.05) is 0 Å². The second-order valence-electron chi connectivity index (χ2n) is 1.67. The maximum atomic E-state index is 10.2. The molecule has 0 N–H and O–H groups in total. The number of hydrogen-bond acceptors (Lipinski definition) is 3. The second kappa shape index (κ2) is 8.75. The predicted octanol–water partition coefficient (Wildman–Crippen LogP) is 1.51. The fraction of sp³-hybridized carbons (Fsp3) is 0.375. The first-order chi connectivity index (χ1) is 5.09. The summed E-state index contributed by atoms with van der Waals surface area (Å²) in [7, 11) is 2.89. The molecule has 0 aliphatic carbocycles. The number of ether oxygens (including phenoxy) is 2. The molecule has 0 bridgehead atoms. The van der Waals surface area contributed by atoms with Gasteiger partial charge in [-0.25, -0.2) is 4.79 Å². The molecule has 0 amide bonds. The Morgan fingerprint density at radius 1 is 1.45 bits per heavy atom. The summed E-state index contributed by atoms with van der Waals surface area (Å²) in [5, 5.41) is 0. The Hall–Kier alpha value is -1.25. The van der Waals surface area contributed by atoms with Gasteiger partial charge in [-0.3, -0.25) is 0 Å². The van der Waals surface area contributed by atoms with Crippen molar-refractivity contribution in [3.63, 3.8) is 0 Å². The molecule has 0 aliphatic heterocycles. The molecule has 0 atom stereocenters. The molecule has 0 spiro atoms. The molecule has 3 heteroatoms. The van der Waals surface area contributed by atoms with Crippen molar-refractivity contribution in [2.75, 3.05) is 14.2 Å². The fourth-order valence-corrected chi connectivity index (χ4v) is 0.174. The molecule has 0 fully saturated rings. The number of methoxy groups -OCH3 is 2. The highest BCUT2D eigenvalue weighted by atomic mass is 16.5. The third-order valence-electron chi connectivity index (χ3n) is 0.701. The third-order valence-corrected chi connectivity index (χ3v) is 0.701. The molecule has 0 rings (SSSR count). The lowest BCUT2D eigenvalue weighted by Crippen LogP contribution is -1.98. The van der Waals surface area contributed by atoms with E-state index in [-0.39, 0.29) is 5.97 Å². The number of hydrogen-bond donors (Lipinski definition) is 0. The fourth-order valence-electron chi connectivity index (χ4n) is 0.174. The molecule has 64 valence electrons. The Kier molecular flexibility index (Phi) is 9.89. The second-order valence-corrected chi connectivity index (χ2v) is 1.67. The standard InChI is InChI=1S/C5H8O2.C3H6O/c1-4(2)5(6)7-3;1-3-4-2/h1H2,2-3H3;3H,1H2,2H3. The van der Waals surface area contributed by atoms with Crippen LogP contribution in [0.1, 0.15) is 6.92 Å². The first-order valence-corrected chi connectivity index (χ1v) is 2.97. The van der Waals surface area contributed by atoms with Gasteiger partial charge in [0.1, 0.15) is 0 Å². The summed E-state index contributed by atoms with van der Waals surface area (Å²) in [6.45, 7) is 8.21. The van der Waals surface area contributed by atoms with E-state index >= 15 is 0 Å². The predicted molar refractivity (Wildman–Crippen MR) is 44.0 cm³/mol. The van der Waals surface area contributed by atoms with Gasteiger partial charge in [0.2, 0.25) is 0 Å². The quantitative estimate of drug-likeness (QED) is 0.347. The normalized spacial score (nSPS) is 6.82. The van der Waals surface area contributed by atoms with Crippen LogP contribution in [-0.4, -0.2) is 20.2 Å². The Bertz CT molecular complexity index is 138. The summed E-state index contributed by atoms with van der Waals surface area (Å²) < 4.78 is 8.58. The van der Waals surface area contributed by atoms with Crippen LogP contribution in [0.25, 0.3) is 0 Å². The lowest BCUT2D eigenvalue weighted by Gasteiger charge is -1.91. The Labute approximate surface area is 67.3 Å². The lowest BCUT2D eigenvalue weighted by atomic mass is 10.4. The van der Waals surface area contributed by atoms with Gasteiger partial charge in [0.15, 0.2) is 0 Å². The van der Waals surface area contributed by atoms with E-state index in [0.29, 0.717) is 5.57 Å². The number of carbonyl (C=O) groups excluding carboxylic acids is 1. The Morgan fingerprint density at radius 3 is 1.82 bits per heavy atom. The molecule has 0 radical (unpaired) electrons. The zero-order chi connectivity index (χ0) is 9.28. The van der Waals surface area contributed by atoms with E-state index in [0.717, 1.165) is 0 Å². The van der Waals surface area contributed by atoms with Gasteiger partial charge < -0.3 is 9.47 Å².